The summed E-state index contributed by atoms with van der Waals surface area (Å²) in [6.45, 7) is 5.74. The first kappa shape index (κ1) is 10.5. The Hall–Kier alpha value is -1.39. The van der Waals surface area contributed by atoms with Gasteiger partial charge in [0.15, 0.2) is 5.82 Å². The van der Waals surface area contributed by atoms with Crippen molar-refractivity contribution in [3.63, 3.8) is 0 Å². The standard InChI is InChI=1S/C14H16N2O2/c1-9(2)14-13-15-11-5-3-4-6-12(11)16(13)7-10(18-14)8-17-14/h3-6,9-10H,7-8H2,1-2H3. The molecule has 1 aromatic carbocycles. The van der Waals surface area contributed by atoms with E-state index in [0.717, 1.165) is 17.9 Å². The largest absolute Gasteiger partial charge is 0.340 e. The van der Waals surface area contributed by atoms with Crippen LogP contribution in [0.4, 0.5) is 0 Å². The number of hydrogen-bond donors (Lipinski definition) is 0. The number of hydrogen-bond acceptors (Lipinski definition) is 3. The lowest BCUT2D eigenvalue weighted by Gasteiger charge is -2.34. The monoisotopic (exact) mass is 244 g/mol. The van der Waals surface area contributed by atoms with E-state index in [-0.39, 0.29) is 12.0 Å². The molecule has 0 spiro atoms. The van der Waals surface area contributed by atoms with Crippen molar-refractivity contribution < 1.29 is 9.47 Å². The topological polar surface area (TPSA) is 36.3 Å². The zero-order valence-corrected chi connectivity index (χ0v) is 10.6. The van der Waals surface area contributed by atoms with Gasteiger partial charge in [0.1, 0.15) is 6.10 Å². The quantitative estimate of drug-likeness (QED) is 0.772. The molecule has 2 aliphatic heterocycles. The minimum atomic E-state index is -0.651. The highest BCUT2D eigenvalue weighted by atomic mass is 16.7. The Morgan fingerprint density at radius 2 is 2.22 bits per heavy atom. The highest BCUT2D eigenvalue weighted by Crippen LogP contribution is 2.44. The fraction of sp³-hybridized carbons (Fsp3) is 0.500. The summed E-state index contributed by atoms with van der Waals surface area (Å²) in [4.78, 5) is 4.74. The number of aromatic nitrogens is 2. The third-order valence-corrected chi connectivity index (χ3v) is 3.94. The van der Waals surface area contributed by atoms with E-state index in [1.54, 1.807) is 0 Å². The van der Waals surface area contributed by atoms with Crippen LogP contribution in [-0.4, -0.2) is 22.3 Å². The van der Waals surface area contributed by atoms with E-state index < -0.39 is 5.79 Å². The molecular weight excluding hydrogens is 228 g/mol. The molecule has 18 heavy (non-hydrogen) atoms. The molecule has 2 bridgehead atoms. The summed E-state index contributed by atoms with van der Waals surface area (Å²) in [5.74, 6) is 0.521. The maximum Gasteiger partial charge on any atom is 0.231 e. The maximum atomic E-state index is 6.10. The number of benzene rings is 1. The Morgan fingerprint density at radius 1 is 1.39 bits per heavy atom. The van der Waals surface area contributed by atoms with E-state index in [1.807, 2.05) is 12.1 Å². The van der Waals surface area contributed by atoms with Gasteiger partial charge in [0.2, 0.25) is 5.79 Å². The van der Waals surface area contributed by atoms with Crippen LogP contribution in [0.2, 0.25) is 0 Å². The van der Waals surface area contributed by atoms with Crippen molar-refractivity contribution in [3.05, 3.63) is 30.1 Å². The fourth-order valence-corrected chi connectivity index (χ4v) is 3.03. The number of rotatable bonds is 1. The van der Waals surface area contributed by atoms with E-state index in [1.165, 1.54) is 5.52 Å². The van der Waals surface area contributed by atoms with Crippen molar-refractivity contribution in [2.45, 2.75) is 32.3 Å². The second kappa shape index (κ2) is 3.33. The van der Waals surface area contributed by atoms with Gasteiger partial charge >= 0.3 is 0 Å². The van der Waals surface area contributed by atoms with E-state index in [4.69, 9.17) is 14.5 Å². The third-order valence-electron chi connectivity index (χ3n) is 3.94. The number of para-hydroxylation sites is 2. The van der Waals surface area contributed by atoms with Crippen molar-refractivity contribution >= 4 is 11.0 Å². The second-order valence-corrected chi connectivity index (χ2v) is 5.41. The van der Waals surface area contributed by atoms with Crippen LogP contribution >= 0.6 is 0 Å². The van der Waals surface area contributed by atoms with Crippen molar-refractivity contribution in [2.75, 3.05) is 6.61 Å². The summed E-state index contributed by atoms with van der Waals surface area (Å²) in [7, 11) is 0. The molecule has 3 heterocycles. The van der Waals surface area contributed by atoms with Gasteiger partial charge in [0.05, 0.1) is 24.2 Å². The van der Waals surface area contributed by atoms with E-state index >= 15 is 0 Å². The summed E-state index contributed by atoms with van der Waals surface area (Å²) >= 11 is 0. The molecule has 2 unspecified atom stereocenters. The van der Waals surface area contributed by atoms with Gasteiger partial charge in [-0.15, -0.1) is 0 Å². The predicted molar refractivity (Wildman–Crippen MR) is 67.1 cm³/mol. The number of ether oxygens (including phenoxy) is 2. The van der Waals surface area contributed by atoms with Crippen molar-refractivity contribution in [1.82, 2.24) is 9.55 Å². The second-order valence-electron chi connectivity index (χ2n) is 5.41. The Labute approximate surface area is 106 Å². The molecule has 2 aliphatic rings. The predicted octanol–water partition coefficient (Wildman–Crippen LogP) is 2.27. The number of imidazole rings is 1. The normalized spacial score (nSPS) is 30.1. The summed E-state index contributed by atoms with van der Waals surface area (Å²) in [6, 6.07) is 8.23. The van der Waals surface area contributed by atoms with Crippen molar-refractivity contribution in [3.8, 4) is 0 Å². The first-order valence-electron chi connectivity index (χ1n) is 6.48. The molecule has 0 N–H and O–H groups in total. The third kappa shape index (κ3) is 1.15. The van der Waals surface area contributed by atoms with E-state index in [0.29, 0.717) is 6.61 Å². The van der Waals surface area contributed by atoms with E-state index in [2.05, 4.69) is 30.5 Å². The minimum absolute atomic E-state index is 0.150. The van der Waals surface area contributed by atoms with Crippen LogP contribution in [0.1, 0.15) is 19.7 Å². The first-order chi connectivity index (χ1) is 8.71. The zero-order valence-electron chi connectivity index (χ0n) is 10.6. The molecule has 2 atom stereocenters. The average Bonchev–Trinajstić information content (AvgIpc) is 2.92. The molecule has 0 aliphatic carbocycles. The maximum absolute atomic E-state index is 6.10. The van der Waals surface area contributed by atoms with Crippen LogP contribution in [0, 0.1) is 5.92 Å². The molecule has 4 heteroatoms. The van der Waals surface area contributed by atoms with Gasteiger partial charge in [0.25, 0.3) is 0 Å². The van der Waals surface area contributed by atoms with Crippen molar-refractivity contribution in [1.29, 1.82) is 0 Å². The number of fused-ring (bicyclic) bond motifs is 6. The van der Waals surface area contributed by atoms with Gasteiger partial charge in [0, 0.05) is 5.92 Å². The Balaban J connectivity index is 2.02. The molecule has 0 saturated carbocycles. The Morgan fingerprint density at radius 3 is 3.06 bits per heavy atom. The Kier molecular flexibility index (Phi) is 1.95. The van der Waals surface area contributed by atoms with Gasteiger partial charge in [-0.25, -0.2) is 4.98 Å². The molecule has 0 amide bonds. The average molecular weight is 244 g/mol. The Bertz CT molecular complexity index is 619. The van der Waals surface area contributed by atoms with E-state index in [9.17, 15) is 0 Å². The van der Waals surface area contributed by atoms with Crippen LogP contribution in [0.3, 0.4) is 0 Å². The lowest BCUT2D eigenvalue weighted by molar-refractivity contribution is -0.224. The lowest BCUT2D eigenvalue weighted by atomic mass is 10.0. The summed E-state index contributed by atoms with van der Waals surface area (Å²) in [5, 5.41) is 0. The molecule has 4 rings (SSSR count). The molecule has 1 saturated heterocycles. The molecule has 1 fully saturated rings. The van der Waals surface area contributed by atoms with Crippen LogP contribution in [0.5, 0.6) is 0 Å². The molecule has 2 aromatic rings. The van der Waals surface area contributed by atoms with Crippen molar-refractivity contribution in [2.24, 2.45) is 5.92 Å². The van der Waals surface area contributed by atoms with Gasteiger partial charge in [-0.1, -0.05) is 26.0 Å². The van der Waals surface area contributed by atoms with Gasteiger partial charge < -0.3 is 14.0 Å². The zero-order chi connectivity index (χ0) is 12.3. The molecule has 4 nitrogen and oxygen atoms in total. The number of nitrogens with zero attached hydrogens (tertiary/aromatic N) is 2. The highest BCUT2D eigenvalue weighted by molar-refractivity contribution is 5.76. The lowest BCUT2D eigenvalue weighted by Crippen LogP contribution is -2.41. The molecule has 1 aromatic heterocycles. The van der Waals surface area contributed by atoms with Crippen LogP contribution < -0.4 is 0 Å². The SMILES string of the molecule is CC(C)C12OCC(Cn3c1nc1ccccc13)O2. The molecular formula is C14H16N2O2. The van der Waals surface area contributed by atoms with Crippen LogP contribution in [-0.2, 0) is 21.8 Å². The minimum Gasteiger partial charge on any atom is -0.340 e. The fourth-order valence-electron chi connectivity index (χ4n) is 3.03. The molecule has 0 radical (unpaired) electrons. The summed E-state index contributed by atoms with van der Waals surface area (Å²) < 4.78 is 14.3. The van der Waals surface area contributed by atoms with Gasteiger partial charge in [-0.05, 0) is 12.1 Å². The van der Waals surface area contributed by atoms with Gasteiger partial charge in [-0.2, -0.15) is 0 Å². The van der Waals surface area contributed by atoms with Crippen LogP contribution in [0.25, 0.3) is 11.0 Å². The van der Waals surface area contributed by atoms with Gasteiger partial charge in [-0.3, -0.25) is 0 Å². The summed E-state index contributed by atoms with van der Waals surface area (Å²) in [6.07, 6.45) is 0.150. The smallest absolute Gasteiger partial charge is 0.231 e. The van der Waals surface area contributed by atoms with Crippen LogP contribution in [0.15, 0.2) is 24.3 Å². The summed E-state index contributed by atoms with van der Waals surface area (Å²) in [5.41, 5.74) is 2.20. The molecule has 94 valence electrons. The first-order valence-corrected chi connectivity index (χ1v) is 6.48. The highest BCUT2D eigenvalue weighted by Gasteiger charge is 2.52.